The molecule has 0 spiro atoms. The van der Waals surface area contributed by atoms with Gasteiger partial charge in [-0.1, -0.05) is 24.3 Å². The summed E-state index contributed by atoms with van der Waals surface area (Å²) in [4.78, 5) is 29.8. The normalized spacial score (nSPS) is 20.3. The molecule has 6 nitrogen and oxygen atoms in total. The van der Waals surface area contributed by atoms with Crippen LogP contribution in [0.25, 0.3) is 0 Å². The standard InChI is InChI=1S/C21H31N3O3.ClH/c1-22(15-21(26)27)17-10-12-24(13-11-17)14-20(25)23(2)19-9-5-7-16-6-3-4-8-18(16)19;/h3-4,6,8,17,19H,5,7,9-15H2,1-2H3,(H,26,27);1H. The summed E-state index contributed by atoms with van der Waals surface area (Å²) in [5.74, 6) is -0.612. The molecule has 156 valence electrons. The van der Waals surface area contributed by atoms with Gasteiger partial charge in [0.2, 0.25) is 5.91 Å². The van der Waals surface area contributed by atoms with Crippen molar-refractivity contribution in [2.24, 2.45) is 0 Å². The molecule has 1 fully saturated rings. The van der Waals surface area contributed by atoms with Gasteiger partial charge in [-0.2, -0.15) is 0 Å². The van der Waals surface area contributed by atoms with E-state index in [2.05, 4.69) is 29.2 Å². The molecule has 0 saturated carbocycles. The molecule has 1 N–H and O–H groups in total. The number of aryl methyl sites for hydroxylation is 1. The molecule has 1 aromatic carbocycles. The molecule has 1 atom stereocenters. The number of rotatable bonds is 6. The summed E-state index contributed by atoms with van der Waals surface area (Å²) in [7, 11) is 3.80. The molecule has 0 aromatic heterocycles. The van der Waals surface area contributed by atoms with E-state index in [9.17, 15) is 9.59 Å². The maximum Gasteiger partial charge on any atom is 0.317 e. The van der Waals surface area contributed by atoms with Crippen molar-refractivity contribution in [3.05, 3.63) is 35.4 Å². The molecule has 1 aromatic rings. The minimum absolute atomic E-state index is 0. The summed E-state index contributed by atoms with van der Waals surface area (Å²) in [6, 6.07) is 8.95. The predicted molar refractivity (Wildman–Crippen MR) is 112 cm³/mol. The van der Waals surface area contributed by atoms with Crippen molar-refractivity contribution in [2.75, 3.05) is 40.3 Å². The number of hydrogen-bond donors (Lipinski definition) is 1. The lowest BCUT2D eigenvalue weighted by molar-refractivity contribution is -0.138. The smallest absolute Gasteiger partial charge is 0.317 e. The minimum Gasteiger partial charge on any atom is -0.480 e. The van der Waals surface area contributed by atoms with Crippen LogP contribution in [0.1, 0.15) is 42.9 Å². The topological polar surface area (TPSA) is 64.1 Å². The lowest BCUT2D eigenvalue weighted by Gasteiger charge is -2.38. The Hall–Kier alpha value is -1.63. The van der Waals surface area contributed by atoms with E-state index in [0.717, 1.165) is 45.2 Å². The summed E-state index contributed by atoms with van der Waals surface area (Å²) in [5.41, 5.74) is 2.67. The number of amides is 1. The summed E-state index contributed by atoms with van der Waals surface area (Å²) in [6.45, 7) is 2.21. The monoisotopic (exact) mass is 409 g/mol. The number of piperidine rings is 1. The van der Waals surface area contributed by atoms with E-state index >= 15 is 0 Å². The second-order valence-corrected chi connectivity index (χ2v) is 7.93. The number of likely N-dealkylation sites (tertiary alicyclic amines) is 1. The van der Waals surface area contributed by atoms with Crippen molar-refractivity contribution < 1.29 is 14.7 Å². The Bertz CT molecular complexity index is 677. The molecule has 1 amide bonds. The van der Waals surface area contributed by atoms with Gasteiger partial charge in [0.05, 0.1) is 19.1 Å². The second kappa shape index (κ2) is 10.2. The summed E-state index contributed by atoms with van der Waals surface area (Å²) in [5, 5.41) is 8.94. The fourth-order valence-corrected chi connectivity index (χ4v) is 4.47. The van der Waals surface area contributed by atoms with Gasteiger partial charge in [-0.3, -0.25) is 19.4 Å². The van der Waals surface area contributed by atoms with Gasteiger partial charge in [0.1, 0.15) is 0 Å². The minimum atomic E-state index is -0.788. The number of carboxylic acid groups (broad SMARTS) is 1. The van der Waals surface area contributed by atoms with Crippen molar-refractivity contribution in [3.8, 4) is 0 Å². The van der Waals surface area contributed by atoms with Crippen LogP contribution in [0.4, 0.5) is 0 Å². The summed E-state index contributed by atoms with van der Waals surface area (Å²) in [6.07, 6.45) is 5.08. The molecule has 0 radical (unpaired) electrons. The summed E-state index contributed by atoms with van der Waals surface area (Å²) < 4.78 is 0. The zero-order chi connectivity index (χ0) is 19.4. The Morgan fingerprint density at radius 1 is 1.14 bits per heavy atom. The van der Waals surface area contributed by atoms with E-state index in [-0.39, 0.29) is 36.9 Å². The van der Waals surface area contributed by atoms with E-state index in [0.29, 0.717) is 6.54 Å². The van der Waals surface area contributed by atoms with Crippen molar-refractivity contribution in [1.82, 2.24) is 14.7 Å². The first-order valence-electron chi connectivity index (χ1n) is 9.93. The number of carbonyl (C=O) groups is 2. The molecule has 1 saturated heterocycles. The number of carboxylic acids is 1. The second-order valence-electron chi connectivity index (χ2n) is 7.93. The van der Waals surface area contributed by atoms with Crippen molar-refractivity contribution in [1.29, 1.82) is 0 Å². The Kier molecular flexibility index (Phi) is 8.28. The Balaban J connectivity index is 0.00000280. The fourth-order valence-electron chi connectivity index (χ4n) is 4.47. The van der Waals surface area contributed by atoms with Gasteiger partial charge in [0.15, 0.2) is 0 Å². The van der Waals surface area contributed by atoms with Crippen LogP contribution < -0.4 is 0 Å². The zero-order valence-electron chi connectivity index (χ0n) is 16.8. The molecule has 7 heteroatoms. The average molecular weight is 410 g/mol. The highest BCUT2D eigenvalue weighted by molar-refractivity contribution is 5.85. The molecule has 1 heterocycles. The molecule has 2 aliphatic rings. The highest BCUT2D eigenvalue weighted by Crippen LogP contribution is 2.33. The third-order valence-electron chi connectivity index (χ3n) is 6.12. The largest absolute Gasteiger partial charge is 0.480 e. The highest BCUT2D eigenvalue weighted by Gasteiger charge is 2.29. The molecule has 1 aliphatic heterocycles. The first-order valence-corrected chi connectivity index (χ1v) is 9.93. The van der Waals surface area contributed by atoms with E-state index in [1.165, 1.54) is 11.1 Å². The molecular weight excluding hydrogens is 378 g/mol. The number of halogens is 1. The van der Waals surface area contributed by atoms with Gasteiger partial charge in [-0.25, -0.2) is 0 Å². The zero-order valence-corrected chi connectivity index (χ0v) is 17.7. The van der Waals surface area contributed by atoms with Crippen LogP contribution in [-0.4, -0.2) is 78.0 Å². The van der Waals surface area contributed by atoms with Crippen LogP contribution in [0.5, 0.6) is 0 Å². The molecule has 28 heavy (non-hydrogen) atoms. The number of fused-ring (bicyclic) bond motifs is 1. The summed E-state index contributed by atoms with van der Waals surface area (Å²) >= 11 is 0. The molecule has 0 bridgehead atoms. The van der Waals surface area contributed by atoms with Crippen LogP contribution in [0, 0.1) is 0 Å². The first kappa shape index (κ1) is 22.7. The molecular formula is C21H32ClN3O3. The Labute approximate surface area is 173 Å². The number of hydrogen-bond acceptors (Lipinski definition) is 4. The van der Waals surface area contributed by atoms with Crippen molar-refractivity contribution in [3.63, 3.8) is 0 Å². The highest BCUT2D eigenvalue weighted by atomic mass is 35.5. The lowest BCUT2D eigenvalue weighted by atomic mass is 9.87. The van der Waals surface area contributed by atoms with Crippen LogP contribution in [-0.2, 0) is 16.0 Å². The third-order valence-corrected chi connectivity index (χ3v) is 6.12. The third kappa shape index (κ3) is 5.46. The van der Waals surface area contributed by atoms with E-state index in [4.69, 9.17) is 5.11 Å². The predicted octanol–water partition coefficient (Wildman–Crippen LogP) is 2.43. The van der Waals surface area contributed by atoms with Crippen LogP contribution in [0.2, 0.25) is 0 Å². The van der Waals surface area contributed by atoms with Crippen LogP contribution >= 0.6 is 12.4 Å². The molecule has 3 rings (SSSR count). The van der Waals surface area contributed by atoms with Gasteiger partial charge in [0.25, 0.3) is 0 Å². The molecule has 1 aliphatic carbocycles. The van der Waals surface area contributed by atoms with Gasteiger partial charge in [-0.05, 0) is 50.3 Å². The van der Waals surface area contributed by atoms with E-state index in [1.54, 1.807) is 0 Å². The van der Waals surface area contributed by atoms with Gasteiger partial charge < -0.3 is 10.0 Å². The van der Waals surface area contributed by atoms with Gasteiger partial charge >= 0.3 is 5.97 Å². The van der Waals surface area contributed by atoms with Gasteiger partial charge in [-0.15, -0.1) is 12.4 Å². The number of nitrogens with zero attached hydrogens (tertiary/aromatic N) is 3. The van der Waals surface area contributed by atoms with Gasteiger partial charge in [0, 0.05) is 26.2 Å². The number of carbonyl (C=O) groups excluding carboxylic acids is 1. The lowest BCUT2D eigenvalue weighted by Crippen LogP contribution is -2.48. The SMILES string of the molecule is CN(CC(=O)O)C1CCN(CC(=O)N(C)C2CCCc3ccccc32)CC1.Cl. The Morgan fingerprint density at radius 3 is 2.50 bits per heavy atom. The van der Waals surface area contributed by atoms with Crippen molar-refractivity contribution >= 4 is 24.3 Å². The van der Waals surface area contributed by atoms with Crippen LogP contribution in [0.15, 0.2) is 24.3 Å². The number of benzene rings is 1. The first-order chi connectivity index (χ1) is 13.0. The van der Waals surface area contributed by atoms with Crippen molar-refractivity contribution in [2.45, 2.75) is 44.2 Å². The fraction of sp³-hybridized carbons (Fsp3) is 0.619. The quantitative estimate of drug-likeness (QED) is 0.781. The van der Waals surface area contributed by atoms with E-state index < -0.39 is 5.97 Å². The number of aliphatic carboxylic acids is 1. The maximum atomic E-state index is 12.9. The maximum absolute atomic E-state index is 12.9. The number of likely N-dealkylation sites (N-methyl/N-ethyl adjacent to an activating group) is 2. The van der Waals surface area contributed by atoms with Crippen LogP contribution in [0.3, 0.4) is 0 Å². The molecule has 1 unspecified atom stereocenters. The van der Waals surface area contributed by atoms with E-state index in [1.807, 2.05) is 23.9 Å². The average Bonchev–Trinajstić information content (AvgIpc) is 2.67. The Morgan fingerprint density at radius 2 is 1.82 bits per heavy atom.